The van der Waals surface area contributed by atoms with E-state index in [2.05, 4.69) is 40.5 Å². The molecule has 65 heavy (non-hydrogen) atoms. The average Bonchev–Trinajstić information content (AvgIpc) is 3.67. The van der Waals surface area contributed by atoms with Gasteiger partial charge in [-0.25, -0.2) is 4.98 Å². The fraction of sp³-hybridized carbons (Fsp3) is 0.855. The zero-order chi connectivity index (χ0) is 47.6. The van der Waals surface area contributed by atoms with Gasteiger partial charge in [-0.1, -0.05) is 169 Å². The third-order valence-electron chi connectivity index (χ3n) is 13.2. The van der Waals surface area contributed by atoms with Crippen molar-refractivity contribution in [2.75, 3.05) is 26.2 Å². The molecule has 0 saturated heterocycles. The first-order valence-electron chi connectivity index (χ1n) is 27.5. The molecule has 3 N–H and O–H groups in total. The first-order chi connectivity index (χ1) is 31.7. The van der Waals surface area contributed by atoms with Crippen LogP contribution in [0.5, 0.6) is 0 Å². The van der Waals surface area contributed by atoms with Crippen LogP contribution < -0.4 is 11.1 Å². The van der Waals surface area contributed by atoms with Crippen LogP contribution in [-0.2, 0) is 25.6 Å². The Labute approximate surface area is 400 Å². The summed E-state index contributed by atoms with van der Waals surface area (Å²) in [5.74, 6) is 0.108. The normalized spacial score (nSPS) is 12.0. The minimum Gasteiger partial charge on any atom is -0.466 e. The maximum atomic E-state index is 12.9. The second kappa shape index (κ2) is 42.5. The number of esters is 2. The van der Waals surface area contributed by atoms with Crippen molar-refractivity contribution in [1.82, 2.24) is 19.8 Å². The predicted molar refractivity (Wildman–Crippen MR) is 273 cm³/mol. The molecule has 0 bridgehead atoms. The van der Waals surface area contributed by atoms with Gasteiger partial charge in [0.1, 0.15) is 17.6 Å². The summed E-state index contributed by atoms with van der Waals surface area (Å²) in [7, 11) is 0. The van der Waals surface area contributed by atoms with Crippen LogP contribution in [0.4, 0.5) is 0 Å². The highest BCUT2D eigenvalue weighted by atomic mass is 16.5. The van der Waals surface area contributed by atoms with Gasteiger partial charge in [-0.3, -0.25) is 14.4 Å². The molecule has 1 aromatic heterocycles. The Bertz CT molecular complexity index is 1330. The van der Waals surface area contributed by atoms with Crippen LogP contribution in [0.3, 0.4) is 0 Å². The van der Waals surface area contributed by atoms with Gasteiger partial charge < -0.3 is 30.0 Å². The quantitative estimate of drug-likeness (QED) is 0.0489. The Morgan fingerprint density at radius 2 is 1.06 bits per heavy atom. The number of rotatable bonds is 46. The molecule has 0 aliphatic heterocycles. The number of nitrogens with two attached hydrogens (primary N) is 1. The van der Waals surface area contributed by atoms with Gasteiger partial charge in [-0.05, 0) is 110 Å². The molecule has 0 aliphatic carbocycles. The summed E-state index contributed by atoms with van der Waals surface area (Å²) in [6.07, 6.45) is 41.4. The number of nitrogens with one attached hydrogen (secondary N) is 1. The average molecular weight is 914 g/mol. The number of aromatic nitrogens is 2. The maximum Gasteiger partial charge on any atom is 0.306 e. The van der Waals surface area contributed by atoms with Crippen LogP contribution in [0, 0.1) is 6.92 Å². The number of ether oxygens (including phenoxy) is 2. The number of hydrogen-bond acceptors (Lipinski definition) is 8. The summed E-state index contributed by atoms with van der Waals surface area (Å²) in [6.45, 7) is 17.1. The zero-order valence-corrected chi connectivity index (χ0v) is 43.4. The first-order valence-corrected chi connectivity index (χ1v) is 27.5. The van der Waals surface area contributed by atoms with E-state index in [-0.39, 0.29) is 23.9 Å². The largest absolute Gasteiger partial charge is 0.466 e. The van der Waals surface area contributed by atoms with Gasteiger partial charge in [0.25, 0.3) is 5.91 Å². The van der Waals surface area contributed by atoms with Gasteiger partial charge in [-0.2, -0.15) is 0 Å². The lowest BCUT2D eigenvalue weighted by atomic mass is 10.0. The molecule has 0 radical (unpaired) electrons. The highest BCUT2D eigenvalue weighted by Crippen LogP contribution is 2.19. The van der Waals surface area contributed by atoms with E-state index in [1.54, 1.807) is 6.33 Å². The van der Waals surface area contributed by atoms with Crippen molar-refractivity contribution in [3.05, 3.63) is 29.1 Å². The minimum absolute atomic E-state index is 0.00492. The SMILES string of the molecule is CCCCCCCCCOC(=O)CCCCCCCN(CCCCCCCC(=O)OC(CCCCCCCC)CCCCCCCC)CCCn1cnc(C(=O)N/C(N)=C(\C)CC)c1C. The zero-order valence-electron chi connectivity index (χ0n) is 43.4. The number of carbonyl (C=O) groups excluding carboxylic acids is 3. The number of amides is 1. The molecular weight excluding hydrogens is 811 g/mol. The summed E-state index contributed by atoms with van der Waals surface area (Å²) in [6, 6.07) is 0. The lowest BCUT2D eigenvalue weighted by Gasteiger charge is -2.22. The number of allylic oxidation sites excluding steroid dienone is 1. The van der Waals surface area contributed by atoms with E-state index in [1.165, 1.54) is 109 Å². The second-order valence-electron chi connectivity index (χ2n) is 19.2. The number of carbonyl (C=O) groups is 3. The van der Waals surface area contributed by atoms with Gasteiger partial charge in [0.15, 0.2) is 0 Å². The van der Waals surface area contributed by atoms with E-state index in [1.807, 2.05) is 20.8 Å². The molecule has 1 heterocycles. The molecule has 10 heteroatoms. The molecule has 0 aliphatic rings. The Kier molecular flexibility index (Phi) is 39.3. The van der Waals surface area contributed by atoms with E-state index in [0.29, 0.717) is 31.0 Å². The van der Waals surface area contributed by atoms with E-state index in [0.717, 1.165) is 140 Å². The monoisotopic (exact) mass is 914 g/mol. The standard InChI is InChI=1S/C55H103N5O5/c1-7-11-14-17-20-29-36-46-64-51(61)40-32-25-21-27-34-42-59(44-37-45-60-47-57-53(49(60)6)55(63)58-54(56)48(5)10-4)43-35-28-22-26-33-41-52(62)65-50(38-30-23-18-15-12-8-2)39-31-24-19-16-13-9-3/h47,50H,7-46,56H2,1-6H3,(H,58,63)/b54-48+. The van der Waals surface area contributed by atoms with Crippen LogP contribution in [0.1, 0.15) is 276 Å². The topological polar surface area (TPSA) is 129 Å². The van der Waals surface area contributed by atoms with Crippen LogP contribution in [0.25, 0.3) is 0 Å². The first kappa shape index (κ1) is 60.1. The van der Waals surface area contributed by atoms with E-state index in [9.17, 15) is 14.4 Å². The van der Waals surface area contributed by atoms with E-state index in [4.69, 9.17) is 15.2 Å². The van der Waals surface area contributed by atoms with Crippen molar-refractivity contribution in [2.24, 2.45) is 5.73 Å². The number of nitrogens with zero attached hydrogens (tertiary/aromatic N) is 3. The smallest absolute Gasteiger partial charge is 0.306 e. The molecule has 0 spiro atoms. The lowest BCUT2D eigenvalue weighted by molar-refractivity contribution is -0.150. The summed E-state index contributed by atoms with van der Waals surface area (Å²) < 4.78 is 13.7. The Balaban J connectivity index is 2.54. The van der Waals surface area contributed by atoms with Crippen molar-refractivity contribution >= 4 is 17.8 Å². The van der Waals surface area contributed by atoms with Gasteiger partial charge >= 0.3 is 11.9 Å². The summed E-state index contributed by atoms with van der Waals surface area (Å²) in [5.41, 5.74) is 8.31. The number of unbranched alkanes of at least 4 members (excludes halogenated alkanes) is 24. The molecular formula is C55H103N5O5. The maximum absolute atomic E-state index is 12.9. The van der Waals surface area contributed by atoms with Gasteiger partial charge in [-0.15, -0.1) is 0 Å². The molecule has 0 aromatic carbocycles. The Hall–Kier alpha value is -2.88. The Morgan fingerprint density at radius 1 is 0.615 bits per heavy atom. The van der Waals surface area contributed by atoms with Crippen molar-refractivity contribution in [3.8, 4) is 0 Å². The van der Waals surface area contributed by atoms with E-state index >= 15 is 0 Å². The number of aryl methyl sites for hydroxylation is 1. The van der Waals surface area contributed by atoms with Gasteiger partial charge in [0.2, 0.25) is 0 Å². The highest BCUT2D eigenvalue weighted by molar-refractivity contribution is 5.94. The highest BCUT2D eigenvalue weighted by Gasteiger charge is 2.17. The van der Waals surface area contributed by atoms with E-state index < -0.39 is 0 Å². The van der Waals surface area contributed by atoms with Crippen LogP contribution in [0.15, 0.2) is 17.7 Å². The van der Waals surface area contributed by atoms with Crippen molar-refractivity contribution in [3.63, 3.8) is 0 Å². The minimum atomic E-state index is -0.262. The second-order valence-corrected chi connectivity index (χ2v) is 19.2. The number of hydrogen-bond donors (Lipinski definition) is 2. The van der Waals surface area contributed by atoms with Crippen molar-refractivity contribution in [1.29, 1.82) is 0 Å². The van der Waals surface area contributed by atoms with Crippen LogP contribution in [-0.4, -0.2) is 64.6 Å². The van der Waals surface area contributed by atoms with Crippen molar-refractivity contribution in [2.45, 2.75) is 279 Å². The lowest BCUT2D eigenvalue weighted by Crippen LogP contribution is -2.29. The van der Waals surface area contributed by atoms with Crippen molar-refractivity contribution < 1.29 is 23.9 Å². The molecule has 0 fully saturated rings. The molecule has 0 unspecified atom stereocenters. The fourth-order valence-corrected chi connectivity index (χ4v) is 8.57. The molecule has 1 rings (SSSR count). The third kappa shape index (κ3) is 33.3. The summed E-state index contributed by atoms with van der Waals surface area (Å²) in [5, 5.41) is 2.81. The molecule has 1 aromatic rings. The van der Waals surface area contributed by atoms with Crippen LogP contribution in [0.2, 0.25) is 0 Å². The van der Waals surface area contributed by atoms with Gasteiger partial charge in [0.05, 0.1) is 12.9 Å². The Morgan fingerprint density at radius 3 is 1.58 bits per heavy atom. The molecule has 1 amide bonds. The molecule has 0 atom stereocenters. The molecule has 0 saturated carbocycles. The summed E-state index contributed by atoms with van der Waals surface area (Å²) in [4.78, 5) is 45.1. The molecule has 378 valence electrons. The predicted octanol–water partition coefficient (Wildman–Crippen LogP) is 14.6. The fourth-order valence-electron chi connectivity index (χ4n) is 8.57. The van der Waals surface area contributed by atoms with Gasteiger partial charge in [0, 0.05) is 25.1 Å². The third-order valence-corrected chi connectivity index (χ3v) is 13.2. The summed E-state index contributed by atoms with van der Waals surface area (Å²) >= 11 is 0. The van der Waals surface area contributed by atoms with Crippen LogP contribution >= 0.6 is 0 Å². The molecule has 10 nitrogen and oxygen atoms in total. The number of imidazole rings is 1.